The van der Waals surface area contributed by atoms with Gasteiger partial charge in [0.1, 0.15) is 0 Å². The van der Waals surface area contributed by atoms with Gasteiger partial charge < -0.3 is 14.6 Å². The Morgan fingerprint density at radius 3 is 2.78 bits per heavy atom. The van der Waals surface area contributed by atoms with Gasteiger partial charge in [-0.25, -0.2) is 0 Å². The number of aliphatic hydroxyl groups excluding tert-OH is 1. The Morgan fingerprint density at radius 2 is 1.96 bits per heavy atom. The molecule has 3 heteroatoms. The van der Waals surface area contributed by atoms with Crippen LogP contribution in [0.5, 0.6) is 0 Å². The van der Waals surface area contributed by atoms with E-state index in [0.717, 1.165) is 45.3 Å². The fourth-order valence-electron chi connectivity index (χ4n) is 6.36. The lowest BCUT2D eigenvalue weighted by atomic mass is 9.55. The molecule has 0 bridgehead atoms. The van der Waals surface area contributed by atoms with Crippen molar-refractivity contribution in [2.24, 2.45) is 17.3 Å². The third-order valence-electron chi connectivity index (χ3n) is 7.56. The number of allylic oxidation sites excluding steroid dienone is 3. The van der Waals surface area contributed by atoms with Crippen LogP contribution < -0.4 is 0 Å². The van der Waals surface area contributed by atoms with Crippen molar-refractivity contribution in [2.75, 3.05) is 13.2 Å². The molecule has 0 aromatic carbocycles. The zero-order valence-electron chi connectivity index (χ0n) is 14.1. The zero-order valence-corrected chi connectivity index (χ0v) is 14.1. The summed E-state index contributed by atoms with van der Waals surface area (Å²) in [5.41, 5.74) is 5.14. The highest BCUT2D eigenvalue weighted by atomic mass is 16.7. The van der Waals surface area contributed by atoms with Crippen molar-refractivity contribution < 1.29 is 14.6 Å². The lowest BCUT2D eigenvalue weighted by Gasteiger charge is -2.51. The van der Waals surface area contributed by atoms with Crippen molar-refractivity contribution in [1.29, 1.82) is 0 Å². The molecule has 1 spiro atoms. The van der Waals surface area contributed by atoms with Crippen LogP contribution in [0, 0.1) is 17.3 Å². The molecule has 4 atom stereocenters. The largest absolute Gasteiger partial charge is 0.393 e. The molecule has 3 nitrogen and oxygen atoms in total. The Hall–Kier alpha value is -0.640. The Bertz CT molecular complexity index is 584. The number of ether oxygens (including phenoxy) is 2. The standard InChI is InChI=1S/C20H28O3/c1-19-8-6-13-12-20(22-10-11-23-20)9-7-14(13)16(19)3-2-15-17(19)4-5-18(15)21/h3,15,17-18,21H,2,4-12H2,1H3. The lowest BCUT2D eigenvalue weighted by Crippen LogP contribution is -2.43. The van der Waals surface area contributed by atoms with Crippen LogP contribution in [0.25, 0.3) is 0 Å². The molecule has 4 unspecified atom stereocenters. The molecule has 23 heavy (non-hydrogen) atoms. The molecule has 5 aliphatic rings. The summed E-state index contributed by atoms with van der Waals surface area (Å²) in [6.45, 7) is 3.99. The van der Waals surface area contributed by atoms with Crippen LogP contribution >= 0.6 is 0 Å². The summed E-state index contributed by atoms with van der Waals surface area (Å²) in [7, 11) is 0. The lowest BCUT2D eigenvalue weighted by molar-refractivity contribution is -0.164. The van der Waals surface area contributed by atoms with Gasteiger partial charge in [0, 0.05) is 12.8 Å². The Balaban J connectivity index is 1.50. The van der Waals surface area contributed by atoms with Crippen molar-refractivity contribution >= 4 is 0 Å². The second-order valence-electron chi connectivity index (χ2n) is 8.55. The minimum absolute atomic E-state index is 0.0695. The van der Waals surface area contributed by atoms with Gasteiger partial charge in [-0.15, -0.1) is 0 Å². The van der Waals surface area contributed by atoms with Gasteiger partial charge >= 0.3 is 0 Å². The summed E-state index contributed by atoms with van der Waals surface area (Å²) in [5.74, 6) is 0.886. The van der Waals surface area contributed by atoms with E-state index in [1.165, 1.54) is 19.3 Å². The molecule has 4 aliphatic carbocycles. The minimum atomic E-state index is -0.298. The fraction of sp³-hybridized carbons (Fsp3) is 0.800. The molecule has 2 fully saturated rings. The number of fused-ring (bicyclic) bond motifs is 4. The first-order chi connectivity index (χ1) is 11.1. The third kappa shape index (κ3) is 1.99. The second kappa shape index (κ2) is 4.93. The molecular weight excluding hydrogens is 288 g/mol. The molecule has 1 heterocycles. The number of aliphatic hydroxyl groups is 1. The summed E-state index contributed by atoms with van der Waals surface area (Å²) in [5, 5.41) is 10.3. The summed E-state index contributed by atoms with van der Waals surface area (Å²) in [4.78, 5) is 0. The molecule has 5 rings (SSSR count). The third-order valence-corrected chi connectivity index (χ3v) is 7.56. The molecule has 1 saturated carbocycles. The van der Waals surface area contributed by atoms with E-state index in [2.05, 4.69) is 13.0 Å². The van der Waals surface area contributed by atoms with Gasteiger partial charge in [-0.2, -0.15) is 0 Å². The summed E-state index contributed by atoms with van der Waals surface area (Å²) >= 11 is 0. The first-order valence-electron chi connectivity index (χ1n) is 9.49. The molecule has 1 N–H and O–H groups in total. The number of rotatable bonds is 0. The highest BCUT2D eigenvalue weighted by Gasteiger charge is 2.53. The van der Waals surface area contributed by atoms with E-state index in [1.807, 2.05) is 0 Å². The van der Waals surface area contributed by atoms with Crippen LogP contribution in [0.2, 0.25) is 0 Å². The molecular formula is C20H28O3. The Labute approximate surface area is 138 Å². The minimum Gasteiger partial charge on any atom is -0.393 e. The summed E-state index contributed by atoms with van der Waals surface area (Å²) in [6, 6.07) is 0. The molecule has 126 valence electrons. The van der Waals surface area contributed by atoms with Crippen LogP contribution in [-0.2, 0) is 9.47 Å². The highest BCUT2D eigenvalue weighted by Crippen LogP contribution is 2.61. The zero-order chi connectivity index (χ0) is 15.7. The van der Waals surface area contributed by atoms with Crippen LogP contribution in [-0.4, -0.2) is 30.2 Å². The van der Waals surface area contributed by atoms with Crippen molar-refractivity contribution in [1.82, 2.24) is 0 Å². The fourth-order valence-corrected chi connectivity index (χ4v) is 6.36. The van der Waals surface area contributed by atoms with Crippen LogP contribution in [0.4, 0.5) is 0 Å². The normalized spacial score (nSPS) is 44.8. The predicted molar refractivity (Wildman–Crippen MR) is 87.8 cm³/mol. The second-order valence-corrected chi connectivity index (χ2v) is 8.55. The SMILES string of the molecule is CC12CCC3=C(CCC4(C3)OCCO4)C1=CCC1C(O)CCC12. The van der Waals surface area contributed by atoms with E-state index < -0.39 is 0 Å². The molecule has 1 aliphatic heterocycles. The summed E-state index contributed by atoms with van der Waals surface area (Å²) < 4.78 is 11.9. The van der Waals surface area contributed by atoms with Crippen molar-refractivity contribution in [2.45, 2.75) is 70.2 Å². The molecule has 1 saturated heterocycles. The average Bonchev–Trinajstić information content (AvgIpc) is 3.15. The average molecular weight is 316 g/mol. The monoisotopic (exact) mass is 316 g/mol. The maximum Gasteiger partial charge on any atom is 0.172 e. The van der Waals surface area contributed by atoms with Gasteiger partial charge in [-0.05, 0) is 66.9 Å². The quantitative estimate of drug-likeness (QED) is 0.740. The van der Waals surface area contributed by atoms with Crippen molar-refractivity contribution in [3.8, 4) is 0 Å². The maximum absolute atomic E-state index is 10.3. The molecule has 0 aromatic rings. The van der Waals surface area contributed by atoms with Gasteiger partial charge in [0.15, 0.2) is 5.79 Å². The van der Waals surface area contributed by atoms with Gasteiger partial charge in [0.25, 0.3) is 0 Å². The Morgan fingerprint density at radius 1 is 1.13 bits per heavy atom. The van der Waals surface area contributed by atoms with Gasteiger partial charge in [-0.1, -0.05) is 18.6 Å². The first-order valence-corrected chi connectivity index (χ1v) is 9.49. The van der Waals surface area contributed by atoms with Gasteiger partial charge in [0.05, 0.1) is 19.3 Å². The first kappa shape index (κ1) is 14.7. The van der Waals surface area contributed by atoms with E-state index in [1.54, 1.807) is 16.7 Å². The maximum atomic E-state index is 10.3. The van der Waals surface area contributed by atoms with Crippen molar-refractivity contribution in [3.05, 3.63) is 22.8 Å². The topological polar surface area (TPSA) is 38.7 Å². The Kier molecular flexibility index (Phi) is 3.15. The van der Waals surface area contributed by atoms with Gasteiger partial charge in [0.2, 0.25) is 0 Å². The predicted octanol–water partition coefficient (Wildman–Crippen LogP) is 3.73. The molecule has 0 aromatic heterocycles. The molecule has 0 amide bonds. The van der Waals surface area contributed by atoms with E-state index in [9.17, 15) is 5.11 Å². The van der Waals surface area contributed by atoms with Gasteiger partial charge in [-0.3, -0.25) is 0 Å². The van der Waals surface area contributed by atoms with Crippen LogP contribution in [0.15, 0.2) is 22.8 Å². The smallest absolute Gasteiger partial charge is 0.172 e. The highest BCUT2D eigenvalue weighted by molar-refractivity contribution is 5.47. The summed E-state index contributed by atoms with van der Waals surface area (Å²) in [6.07, 6.45) is 11.2. The number of hydrogen-bond donors (Lipinski definition) is 1. The van der Waals surface area contributed by atoms with Crippen LogP contribution in [0.3, 0.4) is 0 Å². The van der Waals surface area contributed by atoms with Crippen LogP contribution in [0.1, 0.15) is 58.3 Å². The molecule has 0 radical (unpaired) electrons. The number of hydrogen-bond acceptors (Lipinski definition) is 3. The van der Waals surface area contributed by atoms with E-state index in [-0.39, 0.29) is 11.9 Å². The van der Waals surface area contributed by atoms with E-state index >= 15 is 0 Å². The van der Waals surface area contributed by atoms with E-state index in [0.29, 0.717) is 17.3 Å². The van der Waals surface area contributed by atoms with E-state index in [4.69, 9.17) is 9.47 Å². The van der Waals surface area contributed by atoms with Crippen molar-refractivity contribution in [3.63, 3.8) is 0 Å².